The van der Waals surface area contributed by atoms with E-state index < -0.39 is 44.1 Å². The van der Waals surface area contributed by atoms with Gasteiger partial charge in [-0.2, -0.15) is 22.3 Å². The number of aryl methyl sites for hydroxylation is 1. The molecule has 58 heavy (non-hydrogen) atoms. The maximum atomic E-state index is 15.4. The van der Waals surface area contributed by atoms with Crippen molar-refractivity contribution in [2.75, 3.05) is 21.3 Å². The van der Waals surface area contributed by atoms with Gasteiger partial charge < -0.3 is 19.3 Å². The summed E-state index contributed by atoms with van der Waals surface area (Å²) in [6, 6.07) is 22.0. The van der Waals surface area contributed by atoms with Crippen LogP contribution >= 0.6 is 11.3 Å². The minimum atomic E-state index is -5.16. The van der Waals surface area contributed by atoms with Gasteiger partial charge in [0, 0.05) is 29.4 Å². The van der Waals surface area contributed by atoms with Gasteiger partial charge in [-0.25, -0.2) is 18.2 Å². The van der Waals surface area contributed by atoms with Gasteiger partial charge in [0.2, 0.25) is 20.9 Å². The SMILES string of the molecule is COc1ccc(CN(Cc2ccc(OC)cc2)S(=O)(=O)c2c(C(F)(F)F)ccc(C3CCCc4sc(C(=O)O)nc43)c2-c2nnn(Cc3ccc(OC)cc3)n2)cc1. The Hall–Kier alpha value is -5.85. The van der Waals surface area contributed by atoms with Crippen LogP contribution in [0.1, 0.15) is 67.0 Å². The summed E-state index contributed by atoms with van der Waals surface area (Å²) in [4.78, 5) is 17.2. The Morgan fingerprint density at radius 2 is 1.41 bits per heavy atom. The number of hydrogen-bond donors (Lipinski definition) is 1. The Balaban J connectivity index is 1.45. The molecule has 302 valence electrons. The van der Waals surface area contributed by atoms with Crippen LogP contribution in [0.15, 0.2) is 89.8 Å². The molecule has 0 bridgehead atoms. The highest BCUT2D eigenvalue weighted by atomic mass is 32.2. The summed E-state index contributed by atoms with van der Waals surface area (Å²) in [5.41, 5.74) is 0.361. The number of aromatic nitrogens is 5. The van der Waals surface area contributed by atoms with E-state index in [1.165, 1.54) is 32.2 Å². The second-order valence-corrected chi connectivity index (χ2v) is 16.4. The fourth-order valence-corrected chi connectivity index (χ4v) is 9.78. The number of fused-ring (bicyclic) bond motifs is 1. The number of rotatable bonds is 14. The number of nitrogens with zero attached hydrogens (tertiary/aromatic N) is 6. The van der Waals surface area contributed by atoms with Crippen molar-refractivity contribution in [3.63, 3.8) is 0 Å². The lowest BCUT2D eigenvalue weighted by Gasteiger charge is -2.29. The quantitative estimate of drug-likeness (QED) is 0.116. The van der Waals surface area contributed by atoms with Gasteiger partial charge in [0.1, 0.15) is 22.1 Å². The molecule has 18 heteroatoms. The molecule has 4 aromatic carbocycles. The number of alkyl halides is 3. The highest BCUT2D eigenvalue weighted by Crippen LogP contribution is 2.48. The normalized spacial score (nSPS) is 14.3. The first kappa shape index (κ1) is 40.4. The highest BCUT2D eigenvalue weighted by Gasteiger charge is 2.44. The molecule has 1 N–H and O–H groups in total. The van der Waals surface area contributed by atoms with Crippen molar-refractivity contribution in [1.29, 1.82) is 0 Å². The Labute approximate surface area is 335 Å². The van der Waals surface area contributed by atoms with Crippen LogP contribution in [0.25, 0.3) is 11.4 Å². The molecule has 1 atom stereocenters. The van der Waals surface area contributed by atoms with Crippen molar-refractivity contribution in [2.45, 2.75) is 55.9 Å². The Kier molecular flexibility index (Phi) is 11.5. The third kappa shape index (κ3) is 8.39. The number of thiazole rings is 1. The third-order valence-corrected chi connectivity index (χ3v) is 12.8. The predicted molar refractivity (Wildman–Crippen MR) is 207 cm³/mol. The first-order valence-electron chi connectivity index (χ1n) is 17.9. The van der Waals surface area contributed by atoms with E-state index >= 15 is 21.6 Å². The van der Waals surface area contributed by atoms with E-state index in [9.17, 15) is 9.90 Å². The molecule has 0 radical (unpaired) electrons. The number of tetrazole rings is 1. The molecule has 2 heterocycles. The lowest BCUT2D eigenvalue weighted by atomic mass is 9.82. The molecular formula is C40H37F3N6O7S2. The highest BCUT2D eigenvalue weighted by molar-refractivity contribution is 7.89. The molecule has 0 amide bonds. The maximum absolute atomic E-state index is 15.4. The molecule has 6 aromatic rings. The smallest absolute Gasteiger partial charge is 0.417 e. The molecule has 1 aliphatic carbocycles. The van der Waals surface area contributed by atoms with Crippen LogP contribution in [0.2, 0.25) is 0 Å². The number of carboxylic acid groups (broad SMARTS) is 1. The minimum absolute atomic E-state index is 0.0517. The van der Waals surface area contributed by atoms with E-state index in [2.05, 4.69) is 20.4 Å². The zero-order valence-electron chi connectivity index (χ0n) is 31.4. The van der Waals surface area contributed by atoms with Crippen LogP contribution in [-0.4, -0.2) is 70.3 Å². The van der Waals surface area contributed by atoms with E-state index in [0.717, 1.165) is 21.7 Å². The summed E-state index contributed by atoms with van der Waals surface area (Å²) in [6.07, 6.45) is -3.77. The average molecular weight is 835 g/mol. The Bertz CT molecular complexity index is 2480. The van der Waals surface area contributed by atoms with Gasteiger partial charge in [-0.1, -0.05) is 42.5 Å². The third-order valence-electron chi connectivity index (χ3n) is 9.80. The van der Waals surface area contributed by atoms with E-state index in [4.69, 9.17) is 14.2 Å². The van der Waals surface area contributed by atoms with Gasteiger partial charge in [0.15, 0.2) is 0 Å². The number of halogens is 3. The summed E-state index contributed by atoms with van der Waals surface area (Å²) in [5.74, 6) is -0.775. The number of sulfonamides is 1. The van der Waals surface area contributed by atoms with Crippen LogP contribution < -0.4 is 14.2 Å². The molecule has 7 rings (SSSR count). The minimum Gasteiger partial charge on any atom is -0.497 e. The molecule has 1 aliphatic rings. The lowest BCUT2D eigenvalue weighted by molar-refractivity contribution is -0.139. The Morgan fingerprint density at radius 1 is 0.862 bits per heavy atom. The van der Waals surface area contributed by atoms with Gasteiger partial charge >= 0.3 is 12.1 Å². The zero-order chi connectivity index (χ0) is 41.2. The van der Waals surface area contributed by atoms with E-state index in [1.54, 1.807) is 72.8 Å². The molecule has 1 unspecified atom stereocenters. The molecule has 0 aliphatic heterocycles. The van der Waals surface area contributed by atoms with Crippen molar-refractivity contribution in [3.05, 3.63) is 128 Å². The molecule has 0 saturated heterocycles. The van der Waals surface area contributed by atoms with Crippen molar-refractivity contribution >= 4 is 27.3 Å². The van der Waals surface area contributed by atoms with Crippen LogP contribution in [0.3, 0.4) is 0 Å². The maximum Gasteiger partial charge on any atom is 0.417 e. The summed E-state index contributed by atoms with van der Waals surface area (Å²) >= 11 is 0.989. The van der Waals surface area contributed by atoms with Crippen LogP contribution in [0, 0.1) is 0 Å². The van der Waals surface area contributed by atoms with Crippen LogP contribution in [-0.2, 0) is 42.3 Å². The number of carbonyl (C=O) groups is 1. The topological polar surface area (TPSA) is 159 Å². The second kappa shape index (κ2) is 16.6. The molecule has 0 saturated carbocycles. The van der Waals surface area contributed by atoms with Crippen molar-refractivity contribution in [1.82, 2.24) is 29.5 Å². The number of hydrogen-bond acceptors (Lipinski definition) is 11. The van der Waals surface area contributed by atoms with Gasteiger partial charge in [-0.05, 0) is 89.2 Å². The van der Waals surface area contributed by atoms with Crippen molar-refractivity contribution < 1.29 is 45.7 Å². The number of methoxy groups -OCH3 is 3. The largest absolute Gasteiger partial charge is 0.497 e. The van der Waals surface area contributed by atoms with Gasteiger partial charge in [0.05, 0.1) is 39.1 Å². The lowest BCUT2D eigenvalue weighted by Crippen LogP contribution is -2.33. The summed E-state index contributed by atoms with van der Waals surface area (Å²) in [6.45, 7) is -0.590. The van der Waals surface area contributed by atoms with E-state index in [-0.39, 0.29) is 36.0 Å². The molecule has 0 spiro atoms. The van der Waals surface area contributed by atoms with Crippen LogP contribution in [0.4, 0.5) is 13.2 Å². The zero-order valence-corrected chi connectivity index (χ0v) is 33.1. The van der Waals surface area contributed by atoms with Crippen molar-refractivity contribution in [3.8, 4) is 28.6 Å². The average Bonchev–Trinajstić information content (AvgIpc) is 3.88. The summed E-state index contributed by atoms with van der Waals surface area (Å²) in [5, 5.41) is 22.5. The molecular weight excluding hydrogens is 798 g/mol. The Morgan fingerprint density at radius 3 is 1.93 bits per heavy atom. The number of carboxylic acids is 1. The molecule has 13 nitrogen and oxygen atoms in total. The first-order valence-corrected chi connectivity index (χ1v) is 20.2. The first-order chi connectivity index (χ1) is 27.8. The monoisotopic (exact) mass is 834 g/mol. The standard InChI is InChI=1S/C40H37F3N6O7S2/c1-54-27-13-7-24(8-14-27)21-48(22-25-9-15-28(55-2)16-10-25)58(52,53)36-32(40(41,42)43)20-19-30(31-5-4-6-33-35(31)44-38(57-33)39(50)51)34(36)37-45-47-49(46-37)23-26-11-17-29(56-3)18-12-26/h7-20,31H,4-6,21-23H2,1-3H3,(H,50,51). The van der Waals surface area contributed by atoms with Crippen LogP contribution in [0.5, 0.6) is 17.2 Å². The fraction of sp³-hybridized carbons (Fsp3) is 0.275. The molecule has 0 fully saturated rings. The fourth-order valence-electron chi connectivity index (χ4n) is 6.95. The second-order valence-electron chi connectivity index (χ2n) is 13.4. The summed E-state index contributed by atoms with van der Waals surface area (Å²) < 4.78 is 93.6. The number of ether oxygens (including phenoxy) is 3. The van der Waals surface area contributed by atoms with Crippen molar-refractivity contribution in [2.24, 2.45) is 0 Å². The number of aromatic carboxylic acids is 1. The van der Waals surface area contributed by atoms with E-state index in [0.29, 0.717) is 63.8 Å². The van der Waals surface area contributed by atoms with Gasteiger partial charge in [-0.3, -0.25) is 0 Å². The number of benzene rings is 4. The van der Waals surface area contributed by atoms with Gasteiger partial charge in [0.25, 0.3) is 0 Å². The van der Waals surface area contributed by atoms with Gasteiger partial charge in [-0.15, -0.1) is 21.5 Å². The molecule has 2 aromatic heterocycles. The van der Waals surface area contributed by atoms with E-state index in [1.807, 2.05) is 0 Å². The summed E-state index contributed by atoms with van der Waals surface area (Å²) in [7, 11) is -0.634. The predicted octanol–water partition coefficient (Wildman–Crippen LogP) is 7.45.